The summed E-state index contributed by atoms with van der Waals surface area (Å²) in [6.07, 6.45) is 5.85. The molecular weight excluding hydrogens is 284 g/mol. The van der Waals surface area contributed by atoms with E-state index in [1.54, 1.807) is 4.31 Å². The average Bonchev–Trinajstić information content (AvgIpc) is 2.40. The van der Waals surface area contributed by atoms with Crippen LogP contribution in [0.25, 0.3) is 0 Å². The predicted molar refractivity (Wildman–Crippen MR) is 79.1 cm³/mol. The molecule has 2 aliphatic rings. The van der Waals surface area contributed by atoms with Crippen LogP contribution in [0.4, 0.5) is 0 Å². The van der Waals surface area contributed by atoms with Crippen molar-refractivity contribution in [3.63, 3.8) is 0 Å². The second-order valence-electron chi connectivity index (χ2n) is 5.71. The first kappa shape index (κ1) is 15.5. The highest BCUT2D eigenvalue weighted by Crippen LogP contribution is 2.26. The van der Waals surface area contributed by atoms with E-state index in [2.05, 4.69) is 4.90 Å². The first-order valence-electron chi connectivity index (χ1n) is 7.38. The molecule has 2 fully saturated rings. The number of hydrogen-bond donors (Lipinski definition) is 0. The van der Waals surface area contributed by atoms with Gasteiger partial charge in [-0.05, 0) is 18.8 Å². The molecule has 4 nitrogen and oxygen atoms in total. The van der Waals surface area contributed by atoms with Gasteiger partial charge in [-0.2, -0.15) is 4.31 Å². The summed E-state index contributed by atoms with van der Waals surface area (Å²) < 4.78 is 26.5. The third kappa shape index (κ3) is 4.59. The van der Waals surface area contributed by atoms with Crippen molar-refractivity contribution >= 4 is 21.6 Å². The zero-order valence-electron chi connectivity index (χ0n) is 11.6. The molecule has 0 N–H and O–H groups in total. The molecule has 2 rings (SSSR count). The first-order valence-corrected chi connectivity index (χ1v) is 9.52. The monoisotopic (exact) mass is 308 g/mol. The van der Waals surface area contributed by atoms with E-state index in [4.69, 9.17) is 11.6 Å². The van der Waals surface area contributed by atoms with Crippen LogP contribution in [-0.2, 0) is 10.0 Å². The Morgan fingerprint density at radius 1 is 1.00 bits per heavy atom. The summed E-state index contributed by atoms with van der Waals surface area (Å²) in [5.41, 5.74) is 0. The molecule has 0 bridgehead atoms. The van der Waals surface area contributed by atoms with Gasteiger partial charge in [0.2, 0.25) is 10.0 Å². The van der Waals surface area contributed by atoms with Gasteiger partial charge in [-0.25, -0.2) is 8.42 Å². The summed E-state index contributed by atoms with van der Waals surface area (Å²) in [6.45, 7) is 3.75. The largest absolute Gasteiger partial charge is 0.300 e. The summed E-state index contributed by atoms with van der Waals surface area (Å²) in [4.78, 5) is 2.24. The molecule has 1 aliphatic heterocycles. The van der Waals surface area contributed by atoms with Crippen molar-refractivity contribution < 1.29 is 8.42 Å². The summed E-state index contributed by atoms with van der Waals surface area (Å²) in [7, 11) is -3.05. The van der Waals surface area contributed by atoms with Crippen molar-refractivity contribution in [3.05, 3.63) is 0 Å². The van der Waals surface area contributed by atoms with Crippen molar-refractivity contribution in [2.45, 2.75) is 32.1 Å². The third-order valence-electron chi connectivity index (χ3n) is 4.30. The highest BCUT2D eigenvalue weighted by atomic mass is 35.5. The Labute approximate surface area is 122 Å². The van der Waals surface area contributed by atoms with Gasteiger partial charge in [-0.1, -0.05) is 19.3 Å². The minimum absolute atomic E-state index is 0.364. The van der Waals surface area contributed by atoms with E-state index in [0.717, 1.165) is 32.5 Å². The maximum atomic E-state index is 12.4. The number of hydrogen-bond acceptors (Lipinski definition) is 3. The SMILES string of the molecule is O=S(=O)(CC1CCCCC1)N1CCN(CCCl)CC1. The lowest BCUT2D eigenvalue weighted by Crippen LogP contribution is -2.50. The third-order valence-corrected chi connectivity index (χ3v) is 6.51. The van der Waals surface area contributed by atoms with Crippen molar-refractivity contribution in [2.75, 3.05) is 44.4 Å². The van der Waals surface area contributed by atoms with Crippen LogP contribution < -0.4 is 0 Å². The number of sulfonamides is 1. The van der Waals surface area contributed by atoms with Gasteiger partial charge in [0, 0.05) is 38.6 Å². The maximum Gasteiger partial charge on any atom is 0.214 e. The number of halogens is 1. The van der Waals surface area contributed by atoms with Gasteiger partial charge in [0.1, 0.15) is 0 Å². The fraction of sp³-hybridized carbons (Fsp3) is 1.00. The van der Waals surface area contributed by atoms with Crippen LogP contribution in [0.5, 0.6) is 0 Å². The molecule has 19 heavy (non-hydrogen) atoms. The number of piperazine rings is 1. The second-order valence-corrected chi connectivity index (χ2v) is 8.10. The Hall–Kier alpha value is 0.160. The Bertz CT molecular complexity index is 361. The van der Waals surface area contributed by atoms with E-state index in [0.29, 0.717) is 30.6 Å². The number of rotatable bonds is 5. The van der Waals surface area contributed by atoms with Gasteiger partial charge in [0.25, 0.3) is 0 Å². The van der Waals surface area contributed by atoms with Gasteiger partial charge >= 0.3 is 0 Å². The summed E-state index contributed by atoms with van der Waals surface area (Å²) in [6, 6.07) is 0. The summed E-state index contributed by atoms with van der Waals surface area (Å²) >= 11 is 5.72. The summed E-state index contributed by atoms with van der Waals surface area (Å²) in [5, 5.41) is 0. The predicted octanol–water partition coefficient (Wildman–Crippen LogP) is 1.75. The van der Waals surface area contributed by atoms with Crippen LogP contribution in [0.15, 0.2) is 0 Å². The van der Waals surface area contributed by atoms with E-state index >= 15 is 0 Å². The summed E-state index contributed by atoms with van der Waals surface area (Å²) in [5.74, 6) is 1.37. The smallest absolute Gasteiger partial charge is 0.214 e. The standard InChI is InChI=1S/C13H25ClN2O2S/c14-6-7-15-8-10-16(11-9-15)19(17,18)12-13-4-2-1-3-5-13/h13H,1-12H2. The topological polar surface area (TPSA) is 40.6 Å². The molecule has 0 atom stereocenters. The van der Waals surface area contributed by atoms with Crippen molar-refractivity contribution in [3.8, 4) is 0 Å². The van der Waals surface area contributed by atoms with Crippen molar-refractivity contribution in [2.24, 2.45) is 5.92 Å². The quantitative estimate of drug-likeness (QED) is 0.727. The minimum atomic E-state index is -3.05. The molecule has 6 heteroatoms. The number of alkyl halides is 1. The van der Waals surface area contributed by atoms with Crippen LogP contribution in [0.3, 0.4) is 0 Å². The Morgan fingerprint density at radius 2 is 1.63 bits per heavy atom. The van der Waals surface area contributed by atoms with E-state index < -0.39 is 10.0 Å². The first-order chi connectivity index (χ1) is 9.12. The maximum absolute atomic E-state index is 12.4. The lowest BCUT2D eigenvalue weighted by atomic mass is 9.91. The second kappa shape index (κ2) is 7.25. The lowest BCUT2D eigenvalue weighted by molar-refractivity contribution is 0.196. The highest BCUT2D eigenvalue weighted by molar-refractivity contribution is 7.89. The van der Waals surface area contributed by atoms with E-state index in [9.17, 15) is 8.42 Å². The molecule has 0 radical (unpaired) electrons. The van der Waals surface area contributed by atoms with Crippen LogP contribution in [-0.4, -0.2) is 62.0 Å². The van der Waals surface area contributed by atoms with Gasteiger partial charge in [0.05, 0.1) is 5.75 Å². The van der Waals surface area contributed by atoms with E-state index in [1.165, 1.54) is 19.3 Å². The van der Waals surface area contributed by atoms with E-state index in [-0.39, 0.29) is 0 Å². The van der Waals surface area contributed by atoms with Crippen molar-refractivity contribution in [1.82, 2.24) is 9.21 Å². The molecule has 112 valence electrons. The normalized spacial score (nSPS) is 24.7. The Balaban J connectivity index is 1.83. The molecule has 0 aromatic carbocycles. The zero-order valence-corrected chi connectivity index (χ0v) is 13.1. The molecule has 1 heterocycles. The average molecular weight is 309 g/mol. The zero-order chi connectivity index (χ0) is 13.7. The molecule has 0 unspecified atom stereocenters. The molecule has 0 aromatic heterocycles. The van der Waals surface area contributed by atoms with Crippen LogP contribution in [0, 0.1) is 5.92 Å². The molecule has 0 spiro atoms. The molecule has 1 aliphatic carbocycles. The van der Waals surface area contributed by atoms with Gasteiger partial charge in [-0.3, -0.25) is 4.90 Å². The molecule has 0 amide bonds. The Morgan fingerprint density at radius 3 is 2.21 bits per heavy atom. The molecule has 0 aromatic rings. The van der Waals surface area contributed by atoms with Crippen LogP contribution >= 0.6 is 11.6 Å². The van der Waals surface area contributed by atoms with Gasteiger partial charge in [0.15, 0.2) is 0 Å². The van der Waals surface area contributed by atoms with E-state index in [1.807, 2.05) is 0 Å². The van der Waals surface area contributed by atoms with Crippen LogP contribution in [0.2, 0.25) is 0 Å². The fourth-order valence-corrected chi connectivity index (χ4v) is 5.21. The molecular formula is C13H25ClN2O2S. The van der Waals surface area contributed by atoms with Crippen LogP contribution in [0.1, 0.15) is 32.1 Å². The fourth-order valence-electron chi connectivity index (χ4n) is 3.11. The Kier molecular flexibility index (Phi) is 5.93. The minimum Gasteiger partial charge on any atom is -0.300 e. The lowest BCUT2D eigenvalue weighted by Gasteiger charge is -2.34. The van der Waals surface area contributed by atoms with Gasteiger partial charge < -0.3 is 0 Å². The van der Waals surface area contributed by atoms with Crippen molar-refractivity contribution in [1.29, 1.82) is 0 Å². The number of nitrogens with zero attached hydrogens (tertiary/aromatic N) is 2. The molecule has 1 saturated heterocycles. The van der Waals surface area contributed by atoms with Gasteiger partial charge in [-0.15, -0.1) is 11.6 Å². The molecule has 1 saturated carbocycles. The highest BCUT2D eigenvalue weighted by Gasteiger charge is 2.29.